The van der Waals surface area contributed by atoms with Gasteiger partial charge in [-0.05, 0) is 60.4 Å². The minimum absolute atomic E-state index is 0.00954. The standard InChI is InChI=1S/C30H35ClFN3O5S/c1-5-28(30(37)33-18-21(2)3)34(19-22-11-14-24(40-4)15-12-22)29(36)20-35(23-13-16-27(32)26(31)17-23)41(38,39)25-9-7-6-8-10-25/h6-17,21,28H,5,18-20H2,1-4H3,(H,33,37). The summed E-state index contributed by atoms with van der Waals surface area (Å²) in [6.07, 6.45) is 0.291. The maximum Gasteiger partial charge on any atom is 0.264 e. The Balaban J connectivity index is 2.05. The van der Waals surface area contributed by atoms with E-state index in [1.54, 1.807) is 56.5 Å². The number of benzene rings is 3. The van der Waals surface area contributed by atoms with Crippen molar-refractivity contribution in [3.8, 4) is 5.75 Å². The van der Waals surface area contributed by atoms with Crippen molar-refractivity contribution in [2.75, 3.05) is 24.5 Å². The van der Waals surface area contributed by atoms with Crippen LogP contribution in [0.5, 0.6) is 5.75 Å². The van der Waals surface area contributed by atoms with Crippen LogP contribution < -0.4 is 14.4 Å². The highest BCUT2D eigenvalue weighted by Gasteiger charge is 2.34. The predicted octanol–water partition coefficient (Wildman–Crippen LogP) is 5.26. The minimum atomic E-state index is -4.28. The summed E-state index contributed by atoms with van der Waals surface area (Å²) in [4.78, 5) is 28.6. The SMILES string of the molecule is CCC(C(=O)NCC(C)C)N(Cc1ccc(OC)cc1)C(=O)CN(c1ccc(F)c(Cl)c1)S(=O)(=O)c1ccccc1. The zero-order chi connectivity index (χ0) is 30.2. The van der Waals surface area contributed by atoms with E-state index in [1.165, 1.54) is 23.1 Å². The molecule has 1 N–H and O–H groups in total. The number of carbonyl (C=O) groups excluding carboxylic acids is 2. The summed E-state index contributed by atoms with van der Waals surface area (Å²) in [5, 5.41) is 2.59. The van der Waals surface area contributed by atoms with Gasteiger partial charge in [-0.25, -0.2) is 12.8 Å². The molecule has 220 valence electrons. The normalized spacial score (nSPS) is 12.1. The van der Waals surface area contributed by atoms with E-state index in [1.807, 2.05) is 13.8 Å². The molecule has 0 radical (unpaired) electrons. The Morgan fingerprint density at radius 2 is 1.68 bits per heavy atom. The first-order valence-electron chi connectivity index (χ1n) is 13.2. The molecular formula is C30H35ClFN3O5S. The molecule has 0 bridgehead atoms. The van der Waals surface area contributed by atoms with E-state index in [9.17, 15) is 22.4 Å². The van der Waals surface area contributed by atoms with Crippen LogP contribution in [0.3, 0.4) is 0 Å². The number of nitrogens with one attached hydrogen (secondary N) is 1. The van der Waals surface area contributed by atoms with Crippen LogP contribution in [0.1, 0.15) is 32.8 Å². The third kappa shape index (κ3) is 8.20. The number of ether oxygens (including phenoxy) is 1. The number of nitrogens with zero attached hydrogens (tertiary/aromatic N) is 2. The highest BCUT2D eigenvalue weighted by atomic mass is 35.5. The summed E-state index contributed by atoms with van der Waals surface area (Å²) in [6.45, 7) is 5.51. The monoisotopic (exact) mass is 603 g/mol. The fourth-order valence-corrected chi connectivity index (χ4v) is 5.76. The molecule has 1 atom stereocenters. The third-order valence-corrected chi connectivity index (χ3v) is 8.46. The van der Waals surface area contributed by atoms with Gasteiger partial charge in [0.15, 0.2) is 0 Å². The molecule has 0 spiro atoms. The lowest BCUT2D eigenvalue weighted by atomic mass is 10.1. The maximum atomic E-state index is 14.0. The zero-order valence-corrected chi connectivity index (χ0v) is 25.1. The van der Waals surface area contributed by atoms with Crippen LogP contribution in [0, 0.1) is 11.7 Å². The van der Waals surface area contributed by atoms with Gasteiger partial charge >= 0.3 is 0 Å². The van der Waals surface area contributed by atoms with Gasteiger partial charge in [-0.3, -0.25) is 13.9 Å². The van der Waals surface area contributed by atoms with Crippen LogP contribution in [0.15, 0.2) is 77.7 Å². The van der Waals surface area contributed by atoms with Gasteiger partial charge in [0.25, 0.3) is 10.0 Å². The van der Waals surface area contributed by atoms with Crippen LogP contribution >= 0.6 is 11.6 Å². The minimum Gasteiger partial charge on any atom is -0.497 e. The summed E-state index contributed by atoms with van der Waals surface area (Å²) in [5.74, 6) is -0.871. The molecule has 3 rings (SSSR count). The number of hydrogen-bond acceptors (Lipinski definition) is 5. The second-order valence-electron chi connectivity index (χ2n) is 9.86. The fraction of sp³-hybridized carbons (Fsp3) is 0.333. The van der Waals surface area contributed by atoms with Gasteiger partial charge in [0.1, 0.15) is 24.2 Å². The molecule has 0 aromatic heterocycles. The van der Waals surface area contributed by atoms with E-state index in [2.05, 4.69) is 5.32 Å². The first-order valence-corrected chi connectivity index (χ1v) is 15.0. The third-order valence-electron chi connectivity index (χ3n) is 6.38. The van der Waals surface area contributed by atoms with E-state index in [4.69, 9.17) is 16.3 Å². The number of carbonyl (C=O) groups is 2. The molecule has 0 heterocycles. The molecule has 0 fully saturated rings. The number of hydrogen-bond donors (Lipinski definition) is 1. The van der Waals surface area contributed by atoms with Crippen molar-refractivity contribution in [2.45, 2.75) is 44.7 Å². The molecule has 0 aliphatic rings. The van der Waals surface area contributed by atoms with Gasteiger partial charge < -0.3 is 15.0 Å². The Kier molecular flexibility index (Phi) is 11.1. The highest BCUT2D eigenvalue weighted by Crippen LogP contribution is 2.28. The average Bonchev–Trinajstić information content (AvgIpc) is 2.96. The lowest BCUT2D eigenvalue weighted by Crippen LogP contribution is -2.52. The molecule has 0 aliphatic carbocycles. The average molecular weight is 604 g/mol. The van der Waals surface area contributed by atoms with Gasteiger partial charge in [-0.15, -0.1) is 0 Å². The van der Waals surface area contributed by atoms with E-state index in [0.29, 0.717) is 18.7 Å². The largest absolute Gasteiger partial charge is 0.497 e. The molecule has 0 saturated heterocycles. The molecule has 3 aromatic rings. The molecule has 2 amide bonds. The molecule has 3 aromatic carbocycles. The molecule has 0 saturated carbocycles. The van der Waals surface area contributed by atoms with Crippen molar-refractivity contribution in [2.24, 2.45) is 5.92 Å². The van der Waals surface area contributed by atoms with E-state index < -0.39 is 34.3 Å². The van der Waals surface area contributed by atoms with Crippen molar-refractivity contribution in [1.29, 1.82) is 0 Å². The molecule has 41 heavy (non-hydrogen) atoms. The summed E-state index contributed by atoms with van der Waals surface area (Å²) in [7, 11) is -2.74. The van der Waals surface area contributed by atoms with Gasteiger partial charge in [0.05, 0.1) is 22.7 Å². The number of amides is 2. The quantitative estimate of drug-likeness (QED) is 0.287. The molecule has 11 heteroatoms. The van der Waals surface area contributed by atoms with E-state index in [-0.39, 0.29) is 34.0 Å². The number of halogens is 2. The Morgan fingerprint density at radius 3 is 2.24 bits per heavy atom. The van der Waals surface area contributed by atoms with E-state index in [0.717, 1.165) is 22.0 Å². The zero-order valence-electron chi connectivity index (χ0n) is 23.5. The van der Waals surface area contributed by atoms with Crippen LogP contribution in [0.2, 0.25) is 5.02 Å². The molecule has 0 aliphatic heterocycles. The Bertz CT molecular complexity index is 1440. The number of methoxy groups -OCH3 is 1. The fourth-order valence-electron chi connectivity index (χ4n) is 4.16. The van der Waals surface area contributed by atoms with Gasteiger partial charge in [0.2, 0.25) is 11.8 Å². The van der Waals surface area contributed by atoms with Crippen LogP contribution in [0.25, 0.3) is 0 Å². The van der Waals surface area contributed by atoms with Crippen LogP contribution in [-0.2, 0) is 26.2 Å². The maximum absolute atomic E-state index is 14.0. The first kappa shape index (κ1) is 31.9. The van der Waals surface area contributed by atoms with Crippen LogP contribution in [-0.4, -0.2) is 51.4 Å². The Morgan fingerprint density at radius 1 is 1.02 bits per heavy atom. The van der Waals surface area contributed by atoms with E-state index >= 15 is 0 Å². The van der Waals surface area contributed by atoms with Crippen molar-refractivity contribution < 1.29 is 27.1 Å². The second-order valence-corrected chi connectivity index (χ2v) is 12.1. The topological polar surface area (TPSA) is 96.0 Å². The number of sulfonamides is 1. The molecular weight excluding hydrogens is 569 g/mol. The highest BCUT2D eigenvalue weighted by molar-refractivity contribution is 7.92. The van der Waals surface area contributed by atoms with Gasteiger partial charge in [-0.2, -0.15) is 0 Å². The molecule has 1 unspecified atom stereocenters. The summed E-state index contributed by atoms with van der Waals surface area (Å²) in [6, 6.07) is 17.2. The predicted molar refractivity (Wildman–Crippen MR) is 158 cm³/mol. The second kappa shape index (κ2) is 14.3. The smallest absolute Gasteiger partial charge is 0.264 e. The van der Waals surface area contributed by atoms with Gasteiger partial charge in [-0.1, -0.05) is 62.7 Å². The number of anilines is 1. The number of rotatable bonds is 13. The lowest BCUT2D eigenvalue weighted by molar-refractivity contribution is -0.140. The van der Waals surface area contributed by atoms with Crippen molar-refractivity contribution >= 4 is 39.1 Å². The van der Waals surface area contributed by atoms with Crippen molar-refractivity contribution in [3.05, 3.63) is 89.2 Å². The summed E-state index contributed by atoms with van der Waals surface area (Å²) >= 11 is 6.00. The first-order chi connectivity index (χ1) is 19.5. The van der Waals surface area contributed by atoms with Crippen LogP contribution in [0.4, 0.5) is 10.1 Å². The summed E-state index contributed by atoms with van der Waals surface area (Å²) < 4.78 is 47.7. The molecule has 8 nitrogen and oxygen atoms in total. The summed E-state index contributed by atoms with van der Waals surface area (Å²) in [5.41, 5.74) is 0.729. The van der Waals surface area contributed by atoms with Crippen molar-refractivity contribution in [1.82, 2.24) is 10.2 Å². The van der Waals surface area contributed by atoms with Gasteiger partial charge in [0, 0.05) is 13.1 Å². The lowest BCUT2D eigenvalue weighted by Gasteiger charge is -2.33. The Labute approximate surface area is 246 Å². The van der Waals surface area contributed by atoms with Crippen molar-refractivity contribution in [3.63, 3.8) is 0 Å². The Hall–Kier alpha value is -3.63.